The van der Waals surface area contributed by atoms with Crippen LogP contribution in [0.1, 0.15) is 33.6 Å². The van der Waals surface area contributed by atoms with Crippen LogP contribution in [0.4, 0.5) is 18.0 Å². The molecule has 0 aromatic rings. The predicted octanol–water partition coefficient (Wildman–Crippen LogP) is 2.11. The van der Waals surface area contributed by atoms with Crippen molar-refractivity contribution in [2.45, 2.75) is 45.4 Å². The van der Waals surface area contributed by atoms with E-state index in [1.54, 1.807) is 20.8 Å². The van der Waals surface area contributed by atoms with E-state index in [9.17, 15) is 18.0 Å². The highest BCUT2D eigenvalue weighted by Gasteiger charge is 2.30. The molecule has 0 spiro atoms. The molecular formula is C13H26F3N3O2. The number of alkyl carbamates (subject to hydrolysis) is 1. The second kappa shape index (κ2) is 9.09. The summed E-state index contributed by atoms with van der Waals surface area (Å²) in [5, 5.41) is 2.52. The summed E-state index contributed by atoms with van der Waals surface area (Å²) in [7, 11) is 0. The van der Waals surface area contributed by atoms with E-state index in [2.05, 4.69) is 5.32 Å². The molecule has 0 aromatic heterocycles. The molecule has 0 saturated carbocycles. The Morgan fingerprint density at radius 1 is 1.19 bits per heavy atom. The first-order chi connectivity index (χ1) is 9.53. The number of rotatable bonds is 8. The van der Waals surface area contributed by atoms with Crippen LogP contribution in [0.15, 0.2) is 0 Å². The Labute approximate surface area is 124 Å². The molecule has 0 aliphatic rings. The van der Waals surface area contributed by atoms with Crippen molar-refractivity contribution in [3.05, 3.63) is 0 Å². The maximum Gasteiger partial charge on any atom is 0.407 e. The molecule has 5 nitrogen and oxygen atoms in total. The fraction of sp³-hybridized carbons (Fsp3) is 0.923. The maximum absolute atomic E-state index is 12.4. The summed E-state index contributed by atoms with van der Waals surface area (Å²) in [6, 6.07) is 0. The summed E-state index contributed by atoms with van der Waals surface area (Å²) in [5.74, 6) is 0. The Hall–Kier alpha value is -1.02. The summed E-state index contributed by atoms with van der Waals surface area (Å²) in [6.45, 7) is 5.42. The van der Waals surface area contributed by atoms with E-state index in [0.717, 1.165) is 0 Å². The molecule has 0 saturated heterocycles. The zero-order chi connectivity index (χ0) is 16.5. The van der Waals surface area contributed by atoms with E-state index < -0.39 is 24.4 Å². The maximum atomic E-state index is 12.4. The smallest absolute Gasteiger partial charge is 0.407 e. The number of hydrogen-bond acceptors (Lipinski definition) is 4. The number of carbonyl (C=O) groups is 1. The lowest BCUT2D eigenvalue weighted by molar-refractivity contribution is -0.146. The van der Waals surface area contributed by atoms with Gasteiger partial charge in [-0.25, -0.2) is 4.79 Å². The molecule has 0 rings (SSSR count). The average Bonchev–Trinajstić information content (AvgIpc) is 2.27. The first-order valence-corrected chi connectivity index (χ1v) is 6.99. The number of hydrogen-bond donors (Lipinski definition) is 2. The van der Waals surface area contributed by atoms with Crippen LogP contribution in [-0.2, 0) is 4.74 Å². The number of alkyl halides is 3. The van der Waals surface area contributed by atoms with Gasteiger partial charge in [0.25, 0.3) is 0 Å². The van der Waals surface area contributed by atoms with E-state index in [1.165, 1.54) is 4.90 Å². The molecule has 0 aliphatic carbocycles. The molecule has 0 fully saturated rings. The fourth-order valence-electron chi connectivity index (χ4n) is 1.65. The van der Waals surface area contributed by atoms with Gasteiger partial charge in [0, 0.05) is 13.1 Å². The van der Waals surface area contributed by atoms with E-state index in [-0.39, 0.29) is 13.1 Å². The zero-order valence-corrected chi connectivity index (χ0v) is 12.9. The highest BCUT2D eigenvalue weighted by atomic mass is 19.4. The molecule has 0 bridgehead atoms. The number of amides is 1. The molecule has 0 radical (unpaired) electrons. The van der Waals surface area contributed by atoms with Gasteiger partial charge in [-0.15, -0.1) is 0 Å². The van der Waals surface area contributed by atoms with Crippen molar-refractivity contribution in [3.8, 4) is 0 Å². The van der Waals surface area contributed by atoms with Crippen LogP contribution in [0.2, 0.25) is 0 Å². The minimum absolute atomic E-state index is 0.245. The molecule has 21 heavy (non-hydrogen) atoms. The molecular weight excluding hydrogens is 287 g/mol. The van der Waals surface area contributed by atoms with Crippen LogP contribution in [0.5, 0.6) is 0 Å². The number of nitrogens with one attached hydrogen (secondary N) is 1. The highest BCUT2D eigenvalue weighted by Crippen LogP contribution is 2.16. The number of halogens is 3. The summed E-state index contributed by atoms with van der Waals surface area (Å²) in [6.07, 6.45) is -3.87. The van der Waals surface area contributed by atoms with Gasteiger partial charge in [0.1, 0.15) is 5.60 Å². The second-order valence-electron chi connectivity index (χ2n) is 5.82. The lowest BCUT2D eigenvalue weighted by Crippen LogP contribution is -2.38. The van der Waals surface area contributed by atoms with Crippen molar-refractivity contribution in [2.75, 3.05) is 32.7 Å². The zero-order valence-electron chi connectivity index (χ0n) is 12.9. The predicted molar refractivity (Wildman–Crippen MR) is 75.0 cm³/mol. The topological polar surface area (TPSA) is 67.6 Å². The van der Waals surface area contributed by atoms with Crippen LogP contribution in [0.3, 0.4) is 0 Å². The van der Waals surface area contributed by atoms with Crippen molar-refractivity contribution < 1.29 is 22.7 Å². The van der Waals surface area contributed by atoms with E-state index in [1.807, 2.05) is 0 Å². The van der Waals surface area contributed by atoms with Gasteiger partial charge in [-0.05, 0) is 46.7 Å². The molecule has 0 aromatic carbocycles. The summed E-state index contributed by atoms with van der Waals surface area (Å²) in [5.41, 5.74) is 4.72. The van der Waals surface area contributed by atoms with Crippen LogP contribution >= 0.6 is 0 Å². The van der Waals surface area contributed by atoms with Crippen molar-refractivity contribution >= 4 is 6.09 Å². The number of nitrogens with zero attached hydrogens (tertiary/aromatic N) is 1. The van der Waals surface area contributed by atoms with Gasteiger partial charge in [0.05, 0.1) is 6.54 Å². The fourth-order valence-corrected chi connectivity index (χ4v) is 1.65. The third-order valence-electron chi connectivity index (χ3n) is 2.40. The SMILES string of the molecule is CC(C)(C)OC(=O)NCCCN(CCCN)CC(F)(F)F. The quantitative estimate of drug-likeness (QED) is 0.674. The first kappa shape index (κ1) is 20.0. The third kappa shape index (κ3) is 13.7. The second-order valence-corrected chi connectivity index (χ2v) is 5.82. The van der Waals surface area contributed by atoms with E-state index in [4.69, 9.17) is 10.5 Å². The monoisotopic (exact) mass is 313 g/mol. The Bertz CT molecular complexity index is 304. The molecule has 0 aliphatic heterocycles. The Balaban J connectivity index is 3.99. The van der Waals surface area contributed by atoms with E-state index in [0.29, 0.717) is 25.9 Å². The molecule has 0 unspecified atom stereocenters. The molecule has 0 heterocycles. The first-order valence-electron chi connectivity index (χ1n) is 6.99. The average molecular weight is 313 g/mol. The van der Waals surface area contributed by atoms with Crippen molar-refractivity contribution in [2.24, 2.45) is 5.73 Å². The van der Waals surface area contributed by atoms with Gasteiger partial charge < -0.3 is 15.8 Å². The van der Waals surface area contributed by atoms with Gasteiger partial charge >= 0.3 is 12.3 Å². The van der Waals surface area contributed by atoms with Gasteiger partial charge in [-0.1, -0.05) is 0 Å². The molecule has 1 amide bonds. The minimum atomic E-state index is -4.23. The molecule has 126 valence electrons. The number of ether oxygens (including phenoxy) is 1. The van der Waals surface area contributed by atoms with Gasteiger partial charge in [0.2, 0.25) is 0 Å². The summed E-state index contributed by atoms with van der Waals surface area (Å²) < 4.78 is 42.2. The highest BCUT2D eigenvalue weighted by molar-refractivity contribution is 5.67. The molecule has 0 atom stereocenters. The lowest BCUT2D eigenvalue weighted by Gasteiger charge is -2.23. The van der Waals surface area contributed by atoms with Crippen molar-refractivity contribution in [3.63, 3.8) is 0 Å². The molecule has 3 N–H and O–H groups in total. The Morgan fingerprint density at radius 3 is 2.24 bits per heavy atom. The minimum Gasteiger partial charge on any atom is -0.444 e. The number of carbonyl (C=O) groups excluding carboxylic acids is 1. The summed E-state index contributed by atoms with van der Waals surface area (Å²) >= 11 is 0. The normalized spacial score (nSPS) is 12.6. The van der Waals surface area contributed by atoms with Gasteiger partial charge in [0.15, 0.2) is 0 Å². The lowest BCUT2D eigenvalue weighted by atomic mass is 10.2. The molecule has 8 heteroatoms. The van der Waals surface area contributed by atoms with Crippen molar-refractivity contribution in [1.82, 2.24) is 10.2 Å². The third-order valence-corrected chi connectivity index (χ3v) is 2.40. The van der Waals surface area contributed by atoms with Crippen LogP contribution in [0, 0.1) is 0 Å². The van der Waals surface area contributed by atoms with Crippen LogP contribution < -0.4 is 11.1 Å². The Kier molecular flexibility index (Phi) is 8.65. The standard InChI is InChI=1S/C13H26F3N3O2/c1-12(2,3)21-11(20)18-7-5-9-19(8-4-6-17)10-13(14,15)16/h4-10,17H2,1-3H3,(H,18,20). The van der Waals surface area contributed by atoms with Gasteiger partial charge in [-0.3, -0.25) is 4.90 Å². The Morgan fingerprint density at radius 2 is 1.76 bits per heavy atom. The number of nitrogens with two attached hydrogens (primary N) is 1. The van der Waals surface area contributed by atoms with Crippen LogP contribution in [-0.4, -0.2) is 55.5 Å². The summed E-state index contributed by atoms with van der Waals surface area (Å²) in [4.78, 5) is 12.7. The van der Waals surface area contributed by atoms with Crippen molar-refractivity contribution in [1.29, 1.82) is 0 Å². The van der Waals surface area contributed by atoms with E-state index >= 15 is 0 Å². The van der Waals surface area contributed by atoms with Crippen LogP contribution in [0.25, 0.3) is 0 Å². The van der Waals surface area contributed by atoms with Gasteiger partial charge in [-0.2, -0.15) is 13.2 Å². The largest absolute Gasteiger partial charge is 0.444 e.